The SMILES string of the molecule is Cc1ccn(Cc2cccc([N+](=O)[O-])c2)c1C(=O)O. The fourth-order valence-corrected chi connectivity index (χ4v) is 1.97. The van der Waals surface area contributed by atoms with Gasteiger partial charge in [-0.2, -0.15) is 0 Å². The zero-order valence-electron chi connectivity index (χ0n) is 10.2. The van der Waals surface area contributed by atoms with Crippen LogP contribution in [0.25, 0.3) is 0 Å². The van der Waals surface area contributed by atoms with Crippen molar-refractivity contribution in [3.63, 3.8) is 0 Å². The van der Waals surface area contributed by atoms with E-state index in [1.807, 2.05) is 0 Å². The molecule has 0 fully saturated rings. The third kappa shape index (κ3) is 2.62. The van der Waals surface area contributed by atoms with E-state index in [2.05, 4.69) is 0 Å². The summed E-state index contributed by atoms with van der Waals surface area (Å²) in [5, 5.41) is 19.8. The Morgan fingerprint density at radius 2 is 2.16 bits per heavy atom. The molecule has 0 aliphatic heterocycles. The van der Waals surface area contributed by atoms with Crippen LogP contribution in [-0.4, -0.2) is 20.6 Å². The molecular weight excluding hydrogens is 248 g/mol. The Morgan fingerprint density at radius 3 is 2.79 bits per heavy atom. The highest BCUT2D eigenvalue weighted by molar-refractivity contribution is 5.87. The maximum atomic E-state index is 11.1. The quantitative estimate of drug-likeness (QED) is 0.675. The molecule has 0 unspecified atom stereocenters. The number of non-ortho nitro benzene ring substituents is 1. The van der Waals surface area contributed by atoms with Gasteiger partial charge in [0.25, 0.3) is 5.69 Å². The number of aromatic nitrogens is 1. The molecule has 98 valence electrons. The highest BCUT2D eigenvalue weighted by atomic mass is 16.6. The predicted molar refractivity (Wildman–Crippen MR) is 68.3 cm³/mol. The van der Waals surface area contributed by atoms with Gasteiger partial charge in [0.05, 0.1) is 4.92 Å². The van der Waals surface area contributed by atoms with Crippen molar-refractivity contribution < 1.29 is 14.8 Å². The van der Waals surface area contributed by atoms with Crippen LogP contribution in [0.3, 0.4) is 0 Å². The number of hydrogen-bond acceptors (Lipinski definition) is 3. The van der Waals surface area contributed by atoms with Gasteiger partial charge in [0.1, 0.15) is 5.69 Å². The second-order valence-corrected chi connectivity index (χ2v) is 4.21. The largest absolute Gasteiger partial charge is 0.477 e. The molecule has 0 saturated heterocycles. The maximum absolute atomic E-state index is 11.1. The van der Waals surface area contributed by atoms with Gasteiger partial charge in [-0.15, -0.1) is 0 Å². The molecule has 0 saturated carbocycles. The summed E-state index contributed by atoms with van der Waals surface area (Å²) in [4.78, 5) is 21.4. The molecule has 0 spiro atoms. The molecule has 1 aromatic carbocycles. The van der Waals surface area contributed by atoms with Crippen LogP contribution in [0.15, 0.2) is 36.5 Å². The van der Waals surface area contributed by atoms with E-state index in [9.17, 15) is 14.9 Å². The first-order chi connectivity index (χ1) is 8.99. The third-order valence-corrected chi connectivity index (χ3v) is 2.84. The molecule has 6 nitrogen and oxygen atoms in total. The average Bonchev–Trinajstić information content (AvgIpc) is 2.70. The average molecular weight is 260 g/mol. The number of nitro benzene ring substituents is 1. The Labute approximate surface area is 109 Å². The maximum Gasteiger partial charge on any atom is 0.352 e. The molecule has 1 aromatic heterocycles. The molecule has 0 atom stereocenters. The number of hydrogen-bond donors (Lipinski definition) is 1. The Morgan fingerprint density at radius 1 is 1.42 bits per heavy atom. The van der Waals surface area contributed by atoms with E-state index in [0.717, 1.165) is 0 Å². The van der Waals surface area contributed by atoms with Crippen molar-refractivity contribution in [3.8, 4) is 0 Å². The fourth-order valence-electron chi connectivity index (χ4n) is 1.97. The summed E-state index contributed by atoms with van der Waals surface area (Å²) < 4.78 is 1.57. The monoisotopic (exact) mass is 260 g/mol. The molecule has 19 heavy (non-hydrogen) atoms. The zero-order valence-corrected chi connectivity index (χ0v) is 10.2. The number of aryl methyl sites for hydroxylation is 1. The summed E-state index contributed by atoms with van der Waals surface area (Å²) in [6.07, 6.45) is 1.66. The van der Waals surface area contributed by atoms with Gasteiger partial charge in [0.2, 0.25) is 0 Å². The van der Waals surface area contributed by atoms with E-state index in [-0.39, 0.29) is 17.9 Å². The molecule has 1 N–H and O–H groups in total. The summed E-state index contributed by atoms with van der Waals surface area (Å²) in [6.45, 7) is 2.00. The molecule has 0 amide bonds. The highest BCUT2D eigenvalue weighted by Gasteiger charge is 2.14. The minimum atomic E-state index is -1.01. The van der Waals surface area contributed by atoms with Crippen LogP contribution < -0.4 is 0 Å². The number of aromatic carboxylic acids is 1. The van der Waals surface area contributed by atoms with E-state index in [1.165, 1.54) is 12.1 Å². The van der Waals surface area contributed by atoms with Crippen molar-refractivity contribution in [1.82, 2.24) is 4.57 Å². The van der Waals surface area contributed by atoms with Gasteiger partial charge < -0.3 is 9.67 Å². The molecule has 2 aromatic rings. The zero-order chi connectivity index (χ0) is 14.0. The standard InChI is InChI=1S/C13H12N2O4/c1-9-5-6-14(12(9)13(16)17)8-10-3-2-4-11(7-10)15(18)19/h2-7H,8H2,1H3,(H,16,17). The fraction of sp³-hybridized carbons (Fsp3) is 0.154. The molecule has 2 rings (SSSR count). The summed E-state index contributed by atoms with van der Waals surface area (Å²) in [7, 11) is 0. The first kappa shape index (κ1) is 12.8. The first-order valence-corrected chi connectivity index (χ1v) is 5.61. The van der Waals surface area contributed by atoms with E-state index < -0.39 is 10.9 Å². The normalized spacial score (nSPS) is 10.4. The summed E-state index contributed by atoms with van der Waals surface area (Å²) in [5.41, 5.74) is 1.55. The number of rotatable bonds is 4. The van der Waals surface area contributed by atoms with Gasteiger partial charge in [-0.1, -0.05) is 12.1 Å². The molecule has 0 radical (unpaired) electrons. The van der Waals surface area contributed by atoms with Crippen molar-refractivity contribution >= 4 is 11.7 Å². The van der Waals surface area contributed by atoms with Crippen LogP contribution in [0.5, 0.6) is 0 Å². The van der Waals surface area contributed by atoms with Gasteiger partial charge in [0.15, 0.2) is 0 Å². The van der Waals surface area contributed by atoms with Gasteiger partial charge in [0, 0.05) is 24.9 Å². The van der Waals surface area contributed by atoms with Crippen molar-refractivity contribution in [2.24, 2.45) is 0 Å². The van der Waals surface area contributed by atoms with Crippen LogP contribution in [0.2, 0.25) is 0 Å². The van der Waals surface area contributed by atoms with Crippen LogP contribution in [-0.2, 0) is 6.54 Å². The molecule has 6 heteroatoms. The van der Waals surface area contributed by atoms with Gasteiger partial charge in [-0.25, -0.2) is 4.79 Å². The van der Waals surface area contributed by atoms with Crippen molar-refractivity contribution in [2.45, 2.75) is 13.5 Å². The van der Waals surface area contributed by atoms with E-state index in [0.29, 0.717) is 11.1 Å². The Hall–Kier alpha value is -2.63. The second kappa shape index (κ2) is 4.93. The van der Waals surface area contributed by atoms with Gasteiger partial charge in [-0.05, 0) is 24.1 Å². The van der Waals surface area contributed by atoms with Gasteiger partial charge in [-0.3, -0.25) is 10.1 Å². The summed E-state index contributed by atoms with van der Waals surface area (Å²) in [6, 6.07) is 7.88. The smallest absolute Gasteiger partial charge is 0.352 e. The van der Waals surface area contributed by atoms with Gasteiger partial charge >= 0.3 is 5.97 Å². The Balaban J connectivity index is 2.34. The minimum Gasteiger partial charge on any atom is -0.477 e. The molecule has 0 aliphatic rings. The summed E-state index contributed by atoms with van der Waals surface area (Å²) >= 11 is 0. The van der Waals surface area contributed by atoms with Crippen molar-refractivity contribution in [2.75, 3.05) is 0 Å². The highest BCUT2D eigenvalue weighted by Crippen LogP contribution is 2.17. The van der Waals surface area contributed by atoms with Crippen LogP contribution >= 0.6 is 0 Å². The summed E-state index contributed by atoms with van der Waals surface area (Å²) in [5.74, 6) is -1.01. The number of benzene rings is 1. The van der Waals surface area contributed by atoms with Crippen LogP contribution in [0.1, 0.15) is 21.6 Å². The van der Waals surface area contributed by atoms with Crippen LogP contribution in [0.4, 0.5) is 5.69 Å². The molecule has 0 aliphatic carbocycles. The third-order valence-electron chi connectivity index (χ3n) is 2.84. The second-order valence-electron chi connectivity index (χ2n) is 4.21. The van der Waals surface area contributed by atoms with Crippen molar-refractivity contribution in [1.29, 1.82) is 0 Å². The van der Waals surface area contributed by atoms with E-state index in [4.69, 9.17) is 5.11 Å². The molecule has 0 bridgehead atoms. The lowest BCUT2D eigenvalue weighted by Crippen LogP contribution is -2.10. The first-order valence-electron chi connectivity index (χ1n) is 5.61. The van der Waals surface area contributed by atoms with E-state index >= 15 is 0 Å². The number of nitrogens with zero attached hydrogens (tertiary/aromatic N) is 2. The predicted octanol–water partition coefficient (Wildman–Crippen LogP) is 2.45. The lowest BCUT2D eigenvalue weighted by Gasteiger charge is -2.07. The number of nitro groups is 1. The number of carboxylic acids is 1. The Kier molecular flexibility index (Phi) is 3.33. The molecular formula is C13H12N2O4. The van der Waals surface area contributed by atoms with Crippen molar-refractivity contribution in [3.05, 3.63) is 63.5 Å². The number of carboxylic acid groups (broad SMARTS) is 1. The topological polar surface area (TPSA) is 85.4 Å². The van der Waals surface area contributed by atoms with E-state index in [1.54, 1.807) is 35.9 Å². The Bertz CT molecular complexity index is 646. The van der Waals surface area contributed by atoms with Crippen LogP contribution in [0, 0.1) is 17.0 Å². The molecule has 1 heterocycles. The number of carbonyl (C=O) groups is 1. The minimum absolute atomic E-state index is 0.00162. The lowest BCUT2D eigenvalue weighted by atomic mass is 10.2. The lowest BCUT2D eigenvalue weighted by molar-refractivity contribution is -0.384.